The van der Waals surface area contributed by atoms with Gasteiger partial charge in [0.1, 0.15) is 12.2 Å². The minimum atomic E-state index is -0.185. The highest BCUT2D eigenvalue weighted by Gasteiger charge is 2.29. The third-order valence-corrected chi connectivity index (χ3v) is 5.55. The zero-order valence-electron chi connectivity index (χ0n) is 16.7. The topological polar surface area (TPSA) is 91.0 Å². The molecular formula is C23H25N5O2. The SMILES string of the molecule is O=C(N[C@H](Cc1ncn[nH]1)c1ccccc1)C1CCN(C(=O)c2ccccc2)CC1. The van der Waals surface area contributed by atoms with Gasteiger partial charge < -0.3 is 10.2 Å². The van der Waals surface area contributed by atoms with E-state index in [9.17, 15) is 9.59 Å². The Kier molecular flexibility index (Phi) is 6.17. The monoisotopic (exact) mass is 403 g/mol. The summed E-state index contributed by atoms with van der Waals surface area (Å²) in [5.74, 6) is 0.676. The Morgan fingerprint density at radius 1 is 1.03 bits per heavy atom. The molecule has 154 valence electrons. The van der Waals surface area contributed by atoms with E-state index in [0.29, 0.717) is 37.9 Å². The summed E-state index contributed by atoms with van der Waals surface area (Å²) in [5.41, 5.74) is 1.72. The van der Waals surface area contributed by atoms with Crippen molar-refractivity contribution in [3.8, 4) is 0 Å². The van der Waals surface area contributed by atoms with Crippen LogP contribution in [0, 0.1) is 5.92 Å². The van der Waals surface area contributed by atoms with Crippen molar-refractivity contribution in [1.82, 2.24) is 25.4 Å². The largest absolute Gasteiger partial charge is 0.349 e. The maximum absolute atomic E-state index is 13.0. The molecule has 30 heavy (non-hydrogen) atoms. The summed E-state index contributed by atoms with van der Waals surface area (Å²) in [4.78, 5) is 31.7. The number of piperidine rings is 1. The Bertz CT molecular complexity index is 952. The minimum Gasteiger partial charge on any atom is -0.349 e. The molecule has 7 heteroatoms. The van der Waals surface area contributed by atoms with E-state index in [-0.39, 0.29) is 23.8 Å². The molecule has 0 unspecified atom stereocenters. The van der Waals surface area contributed by atoms with Crippen molar-refractivity contribution in [3.63, 3.8) is 0 Å². The average molecular weight is 403 g/mol. The van der Waals surface area contributed by atoms with Crippen molar-refractivity contribution < 1.29 is 9.59 Å². The van der Waals surface area contributed by atoms with Gasteiger partial charge in [0.25, 0.3) is 5.91 Å². The fourth-order valence-corrected chi connectivity index (χ4v) is 3.86. The van der Waals surface area contributed by atoms with Gasteiger partial charge in [0.2, 0.25) is 5.91 Å². The molecular weight excluding hydrogens is 378 g/mol. The van der Waals surface area contributed by atoms with Crippen molar-refractivity contribution in [3.05, 3.63) is 83.9 Å². The first-order valence-electron chi connectivity index (χ1n) is 10.2. The summed E-state index contributed by atoms with van der Waals surface area (Å²) in [6.07, 6.45) is 3.34. The number of H-pyrrole nitrogens is 1. The maximum Gasteiger partial charge on any atom is 0.253 e. The predicted molar refractivity (Wildman–Crippen MR) is 112 cm³/mol. The van der Waals surface area contributed by atoms with Crippen LogP contribution in [0.1, 0.15) is 40.6 Å². The molecule has 2 N–H and O–H groups in total. The van der Waals surface area contributed by atoms with Gasteiger partial charge in [-0.1, -0.05) is 48.5 Å². The fourth-order valence-electron chi connectivity index (χ4n) is 3.86. The molecule has 1 aliphatic heterocycles. The lowest BCUT2D eigenvalue weighted by atomic mass is 9.94. The van der Waals surface area contributed by atoms with Crippen molar-refractivity contribution in [1.29, 1.82) is 0 Å². The lowest BCUT2D eigenvalue weighted by Gasteiger charge is -2.32. The molecule has 0 radical (unpaired) electrons. The summed E-state index contributed by atoms with van der Waals surface area (Å²) in [6, 6.07) is 19.0. The number of hydrogen-bond acceptors (Lipinski definition) is 4. The Labute approximate surface area is 175 Å². The fraction of sp³-hybridized carbons (Fsp3) is 0.304. The molecule has 7 nitrogen and oxygen atoms in total. The van der Waals surface area contributed by atoms with Crippen LogP contribution >= 0.6 is 0 Å². The van der Waals surface area contributed by atoms with Crippen LogP contribution in [0.3, 0.4) is 0 Å². The first-order valence-corrected chi connectivity index (χ1v) is 10.2. The zero-order chi connectivity index (χ0) is 20.8. The number of rotatable bonds is 6. The molecule has 2 heterocycles. The van der Waals surface area contributed by atoms with Crippen LogP contribution in [0.25, 0.3) is 0 Å². The van der Waals surface area contributed by atoms with Crippen molar-refractivity contribution in [2.45, 2.75) is 25.3 Å². The van der Waals surface area contributed by atoms with E-state index in [1.54, 1.807) is 0 Å². The third-order valence-electron chi connectivity index (χ3n) is 5.55. The normalized spacial score (nSPS) is 15.5. The van der Waals surface area contributed by atoms with Gasteiger partial charge >= 0.3 is 0 Å². The molecule has 0 spiro atoms. The van der Waals surface area contributed by atoms with E-state index < -0.39 is 0 Å². The summed E-state index contributed by atoms with van der Waals surface area (Å²) >= 11 is 0. The number of carbonyl (C=O) groups excluding carboxylic acids is 2. The zero-order valence-corrected chi connectivity index (χ0v) is 16.7. The molecule has 1 aliphatic rings. The quantitative estimate of drug-likeness (QED) is 0.662. The minimum absolute atomic E-state index is 0.0233. The van der Waals surface area contributed by atoms with Gasteiger partial charge in [0.05, 0.1) is 6.04 Å². The summed E-state index contributed by atoms with van der Waals surface area (Å²) in [7, 11) is 0. The van der Waals surface area contributed by atoms with Gasteiger partial charge in [0.15, 0.2) is 0 Å². The number of aromatic nitrogens is 3. The van der Waals surface area contributed by atoms with E-state index >= 15 is 0 Å². The van der Waals surface area contributed by atoms with E-state index in [4.69, 9.17) is 0 Å². The standard InChI is InChI=1S/C23H25N5O2/c29-22(18-11-13-28(14-12-18)23(30)19-9-5-2-6-10-19)26-20(15-21-24-16-25-27-21)17-7-3-1-4-8-17/h1-10,16,18,20H,11-15H2,(H,26,29)(H,24,25,27)/t20-/m1/s1. The van der Waals surface area contributed by atoms with Crippen molar-refractivity contribution >= 4 is 11.8 Å². The van der Waals surface area contributed by atoms with E-state index in [1.807, 2.05) is 65.6 Å². The Hall–Kier alpha value is -3.48. The molecule has 0 aliphatic carbocycles. The number of aromatic amines is 1. The van der Waals surface area contributed by atoms with Crippen LogP contribution in [0.5, 0.6) is 0 Å². The number of benzene rings is 2. The molecule has 1 aromatic heterocycles. The van der Waals surface area contributed by atoms with Gasteiger partial charge in [0, 0.05) is 31.0 Å². The number of carbonyl (C=O) groups is 2. The lowest BCUT2D eigenvalue weighted by molar-refractivity contribution is -0.127. The molecule has 4 rings (SSSR count). The predicted octanol–water partition coefficient (Wildman–Crippen LogP) is 2.76. The molecule has 1 saturated heterocycles. The van der Waals surface area contributed by atoms with Gasteiger partial charge in [-0.2, -0.15) is 5.10 Å². The average Bonchev–Trinajstić information content (AvgIpc) is 3.32. The second kappa shape index (κ2) is 9.35. The lowest BCUT2D eigenvalue weighted by Crippen LogP contribution is -2.44. The third kappa shape index (κ3) is 4.74. The maximum atomic E-state index is 13.0. The summed E-state index contributed by atoms with van der Waals surface area (Å²) in [5, 5.41) is 9.96. The van der Waals surface area contributed by atoms with Gasteiger partial charge in [-0.25, -0.2) is 4.98 Å². The van der Waals surface area contributed by atoms with Crippen LogP contribution in [-0.4, -0.2) is 45.0 Å². The molecule has 1 atom stereocenters. The van der Waals surface area contributed by atoms with Gasteiger partial charge in [-0.15, -0.1) is 0 Å². The van der Waals surface area contributed by atoms with Crippen LogP contribution < -0.4 is 5.32 Å². The first-order chi connectivity index (χ1) is 14.7. The van der Waals surface area contributed by atoms with Gasteiger partial charge in [-0.3, -0.25) is 14.7 Å². The Morgan fingerprint density at radius 3 is 2.33 bits per heavy atom. The molecule has 1 fully saturated rings. The van der Waals surface area contributed by atoms with Crippen LogP contribution in [-0.2, 0) is 11.2 Å². The van der Waals surface area contributed by atoms with Crippen LogP contribution in [0.2, 0.25) is 0 Å². The first kappa shape index (κ1) is 19.8. The molecule has 3 aromatic rings. The molecule has 2 amide bonds. The number of amides is 2. The Morgan fingerprint density at radius 2 is 1.70 bits per heavy atom. The molecule has 0 saturated carbocycles. The van der Waals surface area contributed by atoms with Crippen molar-refractivity contribution in [2.75, 3.05) is 13.1 Å². The highest BCUT2D eigenvalue weighted by atomic mass is 16.2. The Balaban J connectivity index is 1.37. The van der Waals surface area contributed by atoms with Crippen LogP contribution in [0.4, 0.5) is 0 Å². The number of hydrogen-bond donors (Lipinski definition) is 2. The molecule has 0 bridgehead atoms. The van der Waals surface area contributed by atoms with Gasteiger partial charge in [-0.05, 0) is 30.5 Å². The summed E-state index contributed by atoms with van der Waals surface area (Å²) in [6.45, 7) is 1.17. The van der Waals surface area contributed by atoms with Crippen LogP contribution in [0.15, 0.2) is 67.0 Å². The van der Waals surface area contributed by atoms with E-state index in [0.717, 1.165) is 11.4 Å². The number of nitrogens with zero attached hydrogens (tertiary/aromatic N) is 3. The highest BCUT2D eigenvalue weighted by Crippen LogP contribution is 2.22. The van der Waals surface area contributed by atoms with E-state index in [1.165, 1.54) is 6.33 Å². The smallest absolute Gasteiger partial charge is 0.253 e. The summed E-state index contributed by atoms with van der Waals surface area (Å²) < 4.78 is 0. The molecule has 2 aromatic carbocycles. The van der Waals surface area contributed by atoms with Crippen molar-refractivity contribution in [2.24, 2.45) is 5.92 Å². The second-order valence-corrected chi connectivity index (χ2v) is 7.54. The second-order valence-electron chi connectivity index (χ2n) is 7.54. The van der Waals surface area contributed by atoms with E-state index in [2.05, 4.69) is 20.5 Å². The highest BCUT2D eigenvalue weighted by molar-refractivity contribution is 5.94. The number of likely N-dealkylation sites (tertiary alicyclic amines) is 1. The number of nitrogens with one attached hydrogen (secondary N) is 2.